The summed E-state index contributed by atoms with van der Waals surface area (Å²) in [4.78, 5) is 1.52. The van der Waals surface area contributed by atoms with Gasteiger partial charge in [0.15, 0.2) is 0 Å². The number of nitrogens with one attached hydrogen (secondary N) is 1. The zero-order chi connectivity index (χ0) is 18.0. The van der Waals surface area contributed by atoms with Crippen molar-refractivity contribution >= 4 is 28.3 Å². The number of alkyl halides is 6. The molecule has 0 unspecified atom stereocenters. The maximum Gasteiger partial charge on any atom is 0.573 e. The lowest BCUT2D eigenvalue weighted by molar-refractivity contribution is -0.275. The van der Waals surface area contributed by atoms with Gasteiger partial charge in [-0.1, -0.05) is 15.9 Å². The minimum atomic E-state index is -4.98. The van der Waals surface area contributed by atoms with Gasteiger partial charge >= 0.3 is 12.5 Å². The molecule has 0 aromatic heterocycles. The zero-order valence-corrected chi connectivity index (χ0v) is 15.2. The average molecular weight is 458 g/mol. The van der Waals surface area contributed by atoms with Crippen LogP contribution in [0.5, 0.6) is 5.75 Å². The second kappa shape index (κ2) is 8.79. The summed E-state index contributed by atoms with van der Waals surface area (Å²) < 4.78 is 81.1. The summed E-state index contributed by atoms with van der Waals surface area (Å²) in [7, 11) is 0. The molecule has 1 aliphatic heterocycles. The normalized spacial score (nSPS) is 17.7. The molecule has 3 nitrogen and oxygen atoms in total. The molecule has 1 heterocycles. The molecule has 0 amide bonds. The molecule has 0 spiro atoms. The molecule has 11 heteroatoms. The van der Waals surface area contributed by atoms with E-state index in [1.165, 1.54) is 17.0 Å². The maximum absolute atomic E-state index is 13.0. The summed E-state index contributed by atoms with van der Waals surface area (Å²) in [5.41, 5.74) is -0.138. The molecule has 0 saturated carbocycles. The fraction of sp³-hybridized carbons (Fsp3) is 0.571. The van der Waals surface area contributed by atoms with Crippen molar-refractivity contribution < 1.29 is 31.1 Å². The lowest BCUT2D eigenvalue weighted by atomic mass is 9.99. The Labute approximate surface area is 155 Å². The Morgan fingerprint density at radius 1 is 1.12 bits per heavy atom. The Kier molecular flexibility index (Phi) is 7.85. The first kappa shape index (κ1) is 22.3. The molecule has 144 valence electrons. The molecule has 25 heavy (non-hydrogen) atoms. The molecule has 1 atom stereocenters. The highest BCUT2D eigenvalue weighted by Gasteiger charge is 2.39. The van der Waals surface area contributed by atoms with Gasteiger partial charge in [-0.05, 0) is 18.2 Å². The van der Waals surface area contributed by atoms with E-state index in [0.29, 0.717) is 30.7 Å². The van der Waals surface area contributed by atoms with Gasteiger partial charge in [0.1, 0.15) is 5.75 Å². The van der Waals surface area contributed by atoms with Crippen molar-refractivity contribution in [3.8, 4) is 5.75 Å². The molecule has 1 aromatic rings. The van der Waals surface area contributed by atoms with E-state index < -0.39 is 30.8 Å². The van der Waals surface area contributed by atoms with Gasteiger partial charge in [-0.2, -0.15) is 13.2 Å². The number of halogens is 8. The van der Waals surface area contributed by atoms with Crippen LogP contribution in [0, 0.1) is 0 Å². The number of nitrogens with zero attached hydrogens (tertiary/aromatic N) is 1. The lowest BCUT2D eigenvalue weighted by Gasteiger charge is -2.36. The van der Waals surface area contributed by atoms with Gasteiger partial charge in [-0.15, -0.1) is 25.6 Å². The van der Waals surface area contributed by atoms with Crippen LogP contribution in [0.4, 0.5) is 26.3 Å². The third-order valence-corrected chi connectivity index (χ3v) is 4.07. The standard InChI is InChI=1S/C14H15BrF6N2O.ClH/c15-9-1-2-12(24-14(19,20)21)10(7-9)11(8-13(16,17)18)23-5-3-22-4-6-23;/h1-2,7,11,22H,3-6,8H2;1H/t11-;/m1./s1. The van der Waals surface area contributed by atoms with Crippen LogP contribution >= 0.6 is 28.3 Å². The largest absolute Gasteiger partial charge is 0.573 e. The van der Waals surface area contributed by atoms with Crippen LogP contribution in [0.15, 0.2) is 22.7 Å². The highest BCUT2D eigenvalue weighted by atomic mass is 79.9. The highest BCUT2D eigenvalue weighted by molar-refractivity contribution is 9.10. The molecule has 2 rings (SSSR count). The summed E-state index contributed by atoms with van der Waals surface area (Å²) in [6.45, 7) is 1.55. The SMILES string of the molecule is Cl.FC(F)(F)C[C@H](c1cc(Br)ccc1OC(F)(F)F)N1CCNCC1. The Morgan fingerprint density at radius 3 is 2.24 bits per heavy atom. The van der Waals surface area contributed by atoms with Crippen molar-refractivity contribution in [2.24, 2.45) is 0 Å². The first-order valence-electron chi connectivity index (χ1n) is 7.12. The minimum Gasteiger partial charge on any atom is -0.405 e. The monoisotopic (exact) mass is 456 g/mol. The van der Waals surface area contributed by atoms with Gasteiger partial charge in [0.05, 0.1) is 6.42 Å². The first-order valence-corrected chi connectivity index (χ1v) is 7.91. The van der Waals surface area contributed by atoms with Crippen LogP contribution in [-0.2, 0) is 0 Å². The van der Waals surface area contributed by atoms with Gasteiger partial charge in [-0.25, -0.2) is 0 Å². The van der Waals surface area contributed by atoms with Crippen LogP contribution < -0.4 is 10.1 Å². The predicted molar refractivity (Wildman–Crippen MR) is 85.9 cm³/mol. The second-order valence-electron chi connectivity index (χ2n) is 5.35. The highest BCUT2D eigenvalue weighted by Crippen LogP contribution is 2.40. The summed E-state index contributed by atoms with van der Waals surface area (Å²) in [5.74, 6) is -0.613. The Morgan fingerprint density at radius 2 is 1.72 bits per heavy atom. The van der Waals surface area contributed by atoms with Crippen molar-refractivity contribution in [2.45, 2.75) is 25.0 Å². The first-order chi connectivity index (χ1) is 11.1. The van der Waals surface area contributed by atoms with Crippen molar-refractivity contribution in [3.05, 3.63) is 28.2 Å². The van der Waals surface area contributed by atoms with Crippen LogP contribution in [0.1, 0.15) is 18.0 Å². The maximum atomic E-state index is 13.0. The molecule has 0 bridgehead atoms. The summed E-state index contributed by atoms with van der Waals surface area (Å²) in [6, 6.07) is 2.33. The van der Waals surface area contributed by atoms with Gasteiger partial charge in [0, 0.05) is 42.3 Å². The number of piperazine rings is 1. The third-order valence-electron chi connectivity index (χ3n) is 3.57. The summed E-state index contributed by atoms with van der Waals surface area (Å²) >= 11 is 3.10. The molecule has 0 radical (unpaired) electrons. The Bertz CT molecular complexity index is 563. The van der Waals surface area contributed by atoms with Crippen LogP contribution in [0.25, 0.3) is 0 Å². The van der Waals surface area contributed by atoms with Crippen molar-refractivity contribution in [1.29, 1.82) is 0 Å². The van der Waals surface area contributed by atoms with E-state index >= 15 is 0 Å². The molecule has 1 saturated heterocycles. The Balaban J connectivity index is 0.00000312. The second-order valence-corrected chi connectivity index (χ2v) is 6.27. The van der Waals surface area contributed by atoms with E-state index in [9.17, 15) is 26.3 Å². The quantitative estimate of drug-likeness (QED) is 0.665. The topological polar surface area (TPSA) is 24.5 Å². The smallest absolute Gasteiger partial charge is 0.405 e. The van der Waals surface area contributed by atoms with Gasteiger partial charge < -0.3 is 10.1 Å². The summed E-state index contributed by atoms with van der Waals surface area (Å²) in [5, 5.41) is 3.00. The lowest BCUT2D eigenvalue weighted by Crippen LogP contribution is -2.46. The van der Waals surface area contributed by atoms with E-state index in [0.717, 1.165) is 6.07 Å². The molecule has 1 aliphatic rings. The average Bonchev–Trinajstić information content (AvgIpc) is 2.45. The van der Waals surface area contributed by atoms with E-state index in [1.54, 1.807) is 0 Å². The number of hydrogen-bond acceptors (Lipinski definition) is 3. The van der Waals surface area contributed by atoms with Crippen LogP contribution in [0.2, 0.25) is 0 Å². The fourth-order valence-corrected chi connectivity index (χ4v) is 3.02. The third kappa shape index (κ3) is 7.20. The van der Waals surface area contributed by atoms with E-state index in [1.807, 2.05) is 0 Å². The molecule has 1 aromatic carbocycles. The molecular formula is C14H16BrClF6N2O. The van der Waals surface area contributed by atoms with Gasteiger partial charge in [0.25, 0.3) is 0 Å². The zero-order valence-electron chi connectivity index (χ0n) is 12.8. The minimum absolute atomic E-state index is 0. The van der Waals surface area contributed by atoms with E-state index in [-0.39, 0.29) is 18.0 Å². The summed E-state index contributed by atoms with van der Waals surface area (Å²) in [6.07, 6.45) is -10.8. The number of ether oxygens (including phenoxy) is 1. The van der Waals surface area contributed by atoms with Crippen molar-refractivity contribution in [2.75, 3.05) is 26.2 Å². The van der Waals surface area contributed by atoms with Crippen LogP contribution in [-0.4, -0.2) is 43.6 Å². The van der Waals surface area contributed by atoms with Gasteiger partial charge in [0.2, 0.25) is 0 Å². The Hall–Kier alpha value is -0.710. The fourth-order valence-electron chi connectivity index (χ4n) is 2.65. The van der Waals surface area contributed by atoms with Crippen LogP contribution in [0.3, 0.4) is 0 Å². The van der Waals surface area contributed by atoms with Crippen molar-refractivity contribution in [3.63, 3.8) is 0 Å². The predicted octanol–water partition coefficient (Wildman–Crippen LogP) is 4.67. The number of benzene rings is 1. The molecule has 1 N–H and O–H groups in total. The van der Waals surface area contributed by atoms with Gasteiger partial charge in [-0.3, -0.25) is 4.90 Å². The molecular weight excluding hydrogens is 442 g/mol. The van der Waals surface area contributed by atoms with E-state index in [2.05, 4.69) is 26.0 Å². The number of rotatable bonds is 4. The number of hydrogen-bond donors (Lipinski definition) is 1. The molecule has 1 fully saturated rings. The molecule has 0 aliphatic carbocycles. The van der Waals surface area contributed by atoms with Crippen molar-refractivity contribution in [1.82, 2.24) is 10.2 Å². The van der Waals surface area contributed by atoms with E-state index in [4.69, 9.17) is 0 Å².